The lowest BCUT2D eigenvalue weighted by atomic mass is 10.0. The molecule has 1 N–H and O–H groups in total. The van der Waals surface area contributed by atoms with E-state index in [0.29, 0.717) is 6.07 Å². The topological polar surface area (TPSA) is 66.8 Å². The maximum Gasteiger partial charge on any atom is 0.311 e. The summed E-state index contributed by atoms with van der Waals surface area (Å²) in [4.78, 5) is 24.4. The van der Waals surface area contributed by atoms with Gasteiger partial charge in [0.25, 0.3) is 0 Å². The van der Waals surface area contributed by atoms with Gasteiger partial charge in [0.2, 0.25) is 5.91 Å². The van der Waals surface area contributed by atoms with Gasteiger partial charge in [-0.15, -0.1) is 0 Å². The van der Waals surface area contributed by atoms with Crippen LogP contribution in [0.3, 0.4) is 0 Å². The number of carbonyl (C=O) groups is 2. The van der Waals surface area contributed by atoms with Gasteiger partial charge in [0.05, 0.1) is 25.7 Å². The SMILES string of the molecule is CN(C(=O)Cc1ccc(F)cc1F)C1COCC1C(=O)O. The first-order valence-electron chi connectivity index (χ1n) is 6.40. The minimum absolute atomic E-state index is 0.0442. The van der Waals surface area contributed by atoms with Crippen LogP contribution in [0.2, 0.25) is 0 Å². The summed E-state index contributed by atoms with van der Waals surface area (Å²) < 4.78 is 31.4. The number of likely N-dealkylation sites (N-methyl/N-ethyl adjacent to an activating group) is 1. The third-order valence-corrected chi connectivity index (χ3v) is 3.62. The molecule has 0 radical (unpaired) electrons. The number of hydrogen-bond donors (Lipinski definition) is 1. The monoisotopic (exact) mass is 299 g/mol. The van der Waals surface area contributed by atoms with Crippen LogP contribution in [0.4, 0.5) is 8.78 Å². The number of rotatable bonds is 4. The fourth-order valence-corrected chi connectivity index (χ4v) is 2.30. The first-order chi connectivity index (χ1) is 9.90. The minimum Gasteiger partial charge on any atom is -0.481 e. The van der Waals surface area contributed by atoms with Gasteiger partial charge in [0.15, 0.2) is 0 Å². The zero-order chi connectivity index (χ0) is 15.6. The molecule has 2 unspecified atom stereocenters. The predicted molar refractivity (Wildman–Crippen MR) is 68.6 cm³/mol. The lowest BCUT2D eigenvalue weighted by Gasteiger charge is -2.26. The van der Waals surface area contributed by atoms with Crippen molar-refractivity contribution in [1.29, 1.82) is 0 Å². The number of carboxylic acid groups (broad SMARTS) is 1. The number of aliphatic carboxylic acids is 1. The second kappa shape index (κ2) is 6.17. The summed E-state index contributed by atoms with van der Waals surface area (Å²) in [7, 11) is 1.46. The summed E-state index contributed by atoms with van der Waals surface area (Å²) in [5.41, 5.74) is 0.0686. The second-order valence-electron chi connectivity index (χ2n) is 4.97. The molecule has 1 aliphatic rings. The maximum atomic E-state index is 13.5. The van der Waals surface area contributed by atoms with E-state index in [1.165, 1.54) is 18.0 Å². The Labute approximate surface area is 120 Å². The van der Waals surface area contributed by atoms with E-state index in [2.05, 4.69) is 0 Å². The van der Waals surface area contributed by atoms with Crippen molar-refractivity contribution >= 4 is 11.9 Å². The summed E-state index contributed by atoms with van der Waals surface area (Å²) >= 11 is 0. The Hall–Kier alpha value is -2.02. The molecule has 5 nitrogen and oxygen atoms in total. The van der Waals surface area contributed by atoms with Crippen molar-refractivity contribution in [1.82, 2.24) is 4.90 Å². The number of halogens is 2. The fraction of sp³-hybridized carbons (Fsp3) is 0.429. The average Bonchev–Trinajstić information content (AvgIpc) is 2.90. The Morgan fingerprint density at radius 1 is 1.38 bits per heavy atom. The summed E-state index contributed by atoms with van der Waals surface area (Å²) in [6.07, 6.45) is -0.258. The van der Waals surface area contributed by atoms with Crippen LogP contribution in [0.5, 0.6) is 0 Å². The molecule has 1 heterocycles. The van der Waals surface area contributed by atoms with E-state index in [-0.39, 0.29) is 25.2 Å². The lowest BCUT2D eigenvalue weighted by molar-refractivity contribution is -0.144. The summed E-state index contributed by atoms with van der Waals surface area (Å²) in [6.45, 7) is 0.174. The Balaban J connectivity index is 2.07. The van der Waals surface area contributed by atoms with Gasteiger partial charge in [-0.2, -0.15) is 0 Å². The summed E-state index contributed by atoms with van der Waals surface area (Å²) in [5.74, 6) is -3.79. The normalized spacial score (nSPS) is 21.3. The molecule has 1 aliphatic heterocycles. The molecular weight excluding hydrogens is 284 g/mol. The predicted octanol–water partition coefficient (Wildman–Crippen LogP) is 1.07. The molecule has 2 rings (SSSR count). The Bertz CT molecular complexity index is 564. The molecule has 1 aromatic carbocycles. The smallest absolute Gasteiger partial charge is 0.311 e. The van der Waals surface area contributed by atoms with Gasteiger partial charge < -0.3 is 14.7 Å². The quantitative estimate of drug-likeness (QED) is 0.903. The van der Waals surface area contributed by atoms with Crippen LogP contribution in [0.25, 0.3) is 0 Å². The van der Waals surface area contributed by atoms with Crippen LogP contribution >= 0.6 is 0 Å². The highest BCUT2D eigenvalue weighted by Crippen LogP contribution is 2.20. The molecule has 0 spiro atoms. The number of amides is 1. The molecule has 1 amide bonds. The van der Waals surface area contributed by atoms with Crippen LogP contribution in [0, 0.1) is 17.6 Å². The second-order valence-corrected chi connectivity index (χ2v) is 4.97. The highest BCUT2D eigenvalue weighted by molar-refractivity contribution is 5.80. The molecule has 21 heavy (non-hydrogen) atoms. The van der Waals surface area contributed by atoms with Crippen molar-refractivity contribution in [2.45, 2.75) is 12.5 Å². The minimum atomic E-state index is -1.04. The van der Waals surface area contributed by atoms with Crippen LogP contribution < -0.4 is 0 Å². The van der Waals surface area contributed by atoms with Gasteiger partial charge >= 0.3 is 5.97 Å². The highest BCUT2D eigenvalue weighted by atomic mass is 19.1. The van der Waals surface area contributed by atoms with Crippen LogP contribution in [-0.4, -0.2) is 48.2 Å². The van der Waals surface area contributed by atoms with E-state index in [1.54, 1.807) is 0 Å². The Kier molecular flexibility index (Phi) is 4.52. The number of carbonyl (C=O) groups excluding carboxylic acids is 1. The molecular formula is C14H15F2NO4. The van der Waals surface area contributed by atoms with E-state index in [4.69, 9.17) is 9.84 Å². The molecule has 0 bridgehead atoms. The molecule has 1 saturated heterocycles. The molecule has 0 aromatic heterocycles. The average molecular weight is 299 g/mol. The highest BCUT2D eigenvalue weighted by Gasteiger charge is 2.38. The summed E-state index contributed by atoms with van der Waals surface area (Å²) in [6, 6.07) is 2.40. The Morgan fingerprint density at radius 2 is 2.10 bits per heavy atom. The molecule has 114 valence electrons. The van der Waals surface area contributed by atoms with Gasteiger partial charge in [-0.3, -0.25) is 9.59 Å². The van der Waals surface area contributed by atoms with Gasteiger partial charge in [0.1, 0.15) is 17.6 Å². The third kappa shape index (κ3) is 3.36. The van der Waals surface area contributed by atoms with Gasteiger partial charge in [-0.25, -0.2) is 8.78 Å². The standard InChI is InChI=1S/C14H15F2NO4/c1-17(12-7-21-6-10(12)14(19)20)13(18)4-8-2-3-9(15)5-11(8)16/h2-3,5,10,12H,4,6-7H2,1H3,(H,19,20). The zero-order valence-electron chi connectivity index (χ0n) is 11.4. The van der Waals surface area contributed by atoms with E-state index >= 15 is 0 Å². The number of hydrogen-bond acceptors (Lipinski definition) is 3. The molecule has 1 fully saturated rings. The first-order valence-corrected chi connectivity index (χ1v) is 6.40. The molecule has 0 aliphatic carbocycles. The molecule has 1 aromatic rings. The number of ether oxygens (including phenoxy) is 1. The fourth-order valence-electron chi connectivity index (χ4n) is 2.30. The number of nitrogens with zero attached hydrogens (tertiary/aromatic N) is 1. The van der Waals surface area contributed by atoms with Crippen molar-refractivity contribution in [2.75, 3.05) is 20.3 Å². The molecule has 7 heteroatoms. The molecule has 2 atom stereocenters. The van der Waals surface area contributed by atoms with Crippen LogP contribution in [-0.2, 0) is 20.7 Å². The molecule has 0 saturated carbocycles. The van der Waals surface area contributed by atoms with Gasteiger partial charge in [0, 0.05) is 13.1 Å². The first kappa shape index (κ1) is 15.4. The van der Waals surface area contributed by atoms with E-state index in [9.17, 15) is 18.4 Å². The number of carboxylic acids is 1. The van der Waals surface area contributed by atoms with Gasteiger partial charge in [-0.05, 0) is 11.6 Å². The largest absolute Gasteiger partial charge is 0.481 e. The van der Waals surface area contributed by atoms with Crippen LogP contribution in [0.1, 0.15) is 5.56 Å². The summed E-state index contributed by atoms with van der Waals surface area (Å²) in [5, 5.41) is 9.06. The van der Waals surface area contributed by atoms with Crippen molar-refractivity contribution in [3.63, 3.8) is 0 Å². The maximum absolute atomic E-state index is 13.5. The van der Waals surface area contributed by atoms with Gasteiger partial charge in [-0.1, -0.05) is 6.07 Å². The van der Waals surface area contributed by atoms with E-state index in [0.717, 1.165) is 6.07 Å². The van der Waals surface area contributed by atoms with E-state index in [1.807, 2.05) is 0 Å². The van der Waals surface area contributed by atoms with Crippen molar-refractivity contribution in [3.05, 3.63) is 35.4 Å². The van der Waals surface area contributed by atoms with Crippen LogP contribution in [0.15, 0.2) is 18.2 Å². The third-order valence-electron chi connectivity index (χ3n) is 3.62. The number of benzene rings is 1. The van der Waals surface area contributed by atoms with Crippen molar-refractivity contribution in [2.24, 2.45) is 5.92 Å². The van der Waals surface area contributed by atoms with E-state index < -0.39 is 35.5 Å². The van der Waals surface area contributed by atoms with Crippen molar-refractivity contribution in [3.8, 4) is 0 Å². The zero-order valence-corrected chi connectivity index (χ0v) is 11.4. The lowest BCUT2D eigenvalue weighted by Crippen LogP contribution is -2.44. The van der Waals surface area contributed by atoms with Crippen molar-refractivity contribution < 1.29 is 28.2 Å². The Morgan fingerprint density at radius 3 is 2.71 bits per heavy atom.